The molecule has 1 saturated heterocycles. The summed E-state index contributed by atoms with van der Waals surface area (Å²) in [5.74, 6) is -0.969. The van der Waals surface area contributed by atoms with Crippen molar-refractivity contribution in [2.45, 2.75) is 32.2 Å². The van der Waals surface area contributed by atoms with Crippen LogP contribution >= 0.6 is 11.3 Å². The van der Waals surface area contributed by atoms with E-state index in [1.54, 1.807) is 43.5 Å². The molecule has 1 fully saturated rings. The van der Waals surface area contributed by atoms with E-state index in [-0.39, 0.29) is 22.5 Å². The second-order valence-electron chi connectivity index (χ2n) is 10.3. The molecule has 39 heavy (non-hydrogen) atoms. The number of ketones is 1. The van der Waals surface area contributed by atoms with Crippen LogP contribution in [0.3, 0.4) is 0 Å². The quantitative estimate of drug-likeness (QED) is 0.182. The molecule has 2 heterocycles. The number of methoxy groups -OCH3 is 2. The summed E-state index contributed by atoms with van der Waals surface area (Å²) < 4.78 is 11.6. The van der Waals surface area contributed by atoms with E-state index in [9.17, 15) is 19.8 Å². The van der Waals surface area contributed by atoms with E-state index in [2.05, 4.69) is 4.98 Å². The molecule has 1 unspecified atom stereocenters. The van der Waals surface area contributed by atoms with Gasteiger partial charge in [0.25, 0.3) is 5.78 Å². The number of ether oxygens (including phenoxy) is 2. The molecule has 2 N–H and O–H groups in total. The smallest absolute Gasteiger partial charge is 0.301 e. The average molecular weight is 545 g/mol. The van der Waals surface area contributed by atoms with Gasteiger partial charge in [-0.15, -0.1) is 0 Å². The summed E-state index contributed by atoms with van der Waals surface area (Å²) in [7, 11) is 3.05. The van der Waals surface area contributed by atoms with E-state index in [1.807, 2.05) is 32.9 Å². The summed E-state index contributed by atoms with van der Waals surface area (Å²) in [6, 6.07) is 16.0. The zero-order chi connectivity index (χ0) is 28.1. The minimum Gasteiger partial charge on any atom is -0.508 e. The molecule has 0 aliphatic carbocycles. The third-order valence-corrected chi connectivity index (χ3v) is 7.78. The normalized spacial score (nSPS) is 17.2. The Labute approximate surface area is 229 Å². The number of aliphatic hydroxyl groups is 1. The number of phenolic OH excluding ortho intramolecular Hbond substituents is 1. The van der Waals surface area contributed by atoms with Crippen molar-refractivity contribution in [2.75, 3.05) is 19.1 Å². The number of fused-ring (bicyclic) bond motifs is 1. The number of nitrogens with zero attached hydrogens (tertiary/aromatic N) is 2. The Hall–Kier alpha value is -4.37. The van der Waals surface area contributed by atoms with Gasteiger partial charge >= 0.3 is 5.91 Å². The molecule has 5 rings (SSSR count). The Morgan fingerprint density at radius 2 is 1.69 bits per heavy atom. The molecule has 1 aromatic heterocycles. The fourth-order valence-electron chi connectivity index (χ4n) is 4.63. The summed E-state index contributed by atoms with van der Waals surface area (Å²) in [5, 5.41) is 21.9. The van der Waals surface area contributed by atoms with Crippen molar-refractivity contribution >= 4 is 44.1 Å². The second-order valence-corrected chi connectivity index (χ2v) is 11.3. The molecule has 200 valence electrons. The molecule has 1 atom stereocenters. The van der Waals surface area contributed by atoms with Gasteiger partial charge in [0.1, 0.15) is 23.0 Å². The van der Waals surface area contributed by atoms with Crippen LogP contribution in [-0.4, -0.2) is 41.1 Å². The molecule has 0 saturated carbocycles. The number of aliphatic hydroxyl groups excluding tert-OH is 1. The van der Waals surface area contributed by atoms with Gasteiger partial charge in [-0.2, -0.15) is 0 Å². The molecule has 0 radical (unpaired) electrons. The number of phenols is 1. The molecular weight excluding hydrogens is 516 g/mol. The van der Waals surface area contributed by atoms with Crippen molar-refractivity contribution in [3.63, 3.8) is 0 Å². The lowest BCUT2D eigenvalue weighted by molar-refractivity contribution is -0.132. The molecule has 9 heteroatoms. The van der Waals surface area contributed by atoms with Crippen molar-refractivity contribution in [1.82, 2.24) is 4.98 Å². The van der Waals surface area contributed by atoms with Gasteiger partial charge in [0.05, 0.1) is 41.6 Å². The number of thiazole rings is 1. The third kappa shape index (κ3) is 4.59. The highest BCUT2D eigenvalue weighted by Gasteiger charge is 2.48. The molecule has 1 amide bonds. The third-order valence-electron chi connectivity index (χ3n) is 6.76. The highest BCUT2D eigenvalue weighted by Crippen LogP contribution is 2.46. The number of carbonyl (C=O) groups excluding carboxylic acids is 2. The van der Waals surface area contributed by atoms with Crippen LogP contribution < -0.4 is 14.4 Å². The van der Waals surface area contributed by atoms with Crippen LogP contribution in [0.25, 0.3) is 16.0 Å². The van der Waals surface area contributed by atoms with Crippen LogP contribution in [-0.2, 0) is 15.0 Å². The molecule has 8 nitrogen and oxygen atoms in total. The Morgan fingerprint density at radius 1 is 0.974 bits per heavy atom. The summed E-state index contributed by atoms with van der Waals surface area (Å²) in [6.45, 7) is 6.11. The first-order chi connectivity index (χ1) is 18.5. The predicted octanol–water partition coefficient (Wildman–Crippen LogP) is 5.94. The number of Topliss-reactive ketones (excluding diaryl/α,β-unsaturated/α-hetero) is 1. The van der Waals surface area contributed by atoms with Crippen LogP contribution in [0.1, 0.15) is 43.5 Å². The van der Waals surface area contributed by atoms with Crippen LogP contribution in [0.4, 0.5) is 5.13 Å². The van der Waals surface area contributed by atoms with Crippen LogP contribution in [0.2, 0.25) is 0 Å². The SMILES string of the molecule is COc1ccc2nc(N3C(=O)C(=O)/C(=C(/O)c4cc(C(C)(C)C)ccc4OC)C3c3ccc(O)cc3)sc2c1. The lowest BCUT2D eigenvalue weighted by Gasteiger charge is -2.24. The van der Waals surface area contributed by atoms with Gasteiger partial charge in [-0.1, -0.05) is 50.3 Å². The minimum atomic E-state index is -0.990. The van der Waals surface area contributed by atoms with Crippen molar-refractivity contribution in [1.29, 1.82) is 0 Å². The van der Waals surface area contributed by atoms with Crippen molar-refractivity contribution in [2.24, 2.45) is 0 Å². The first kappa shape index (κ1) is 26.2. The zero-order valence-electron chi connectivity index (χ0n) is 22.2. The van der Waals surface area contributed by atoms with Crippen molar-refractivity contribution in [3.8, 4) is 17.2 Å². The monoisotopic (exact) mass is 544 g/mol. The molecule has 1 aliphatic rings. The number of aromatic hydroxyl groups is 1. The predicted molar refractivity (Wildman–Crippen MR) is 151 cm³/mol. The highest BCUT2D eigenvalue weighted by molar-refractivity contribution is 7.22. The Kier molecular flexibility index (Phi) is 6.56. The maximum absolute atomic E-state index is 13.6. The fraction of sp³-hybridized carbons (Fsp3) is 0.233. The van der Waals surface area contributed by atoms with Gasteiger partial charge in [-0.25, -0.2) is 4.98 Å². The summed E-state index contributed by atoms with van der Waals surface area (Å²) in [5.41, 5.74) is 2.05. The number of rotatable bonds is 5. The van der Waals surface area contributed by atoms with Gasteiger partial charge in [-0.3, -0.25) is 14.5 Å². The maximum Gasteiger partial charge on any atom is 0.301 e. The van der Waals surface area contributed by atoms with E-state index >= 15 is 0 Å². The van der Waals surface area contributed by atoms with E-state index < -0.39 is 17.7 Å². The van der Waals surface area contributed by atoms with Crippen molar-refractivity contribution < 1.29 is 29.3 Å². The maximum atomic E-state index is 13.6. The topological polar surface area (TPSA) is 109 Å². The zero-order valence-corrected chi connectivity index (χ0v) is 23.0. The molecule has 4 aromatic rings. The van der Waals surface area contributed by atoms with E-state index in [0.29, 0.717) is 33.3 Å². The van der Waals surface area contributed by atoms with Gasteiger partial charge < -0.3 is 19.7 Å². The van der Waals surface area contributed by atoms with Gasteiger partial charge in [0, 0.05) is 0 Å². The standard InChI is InChI=1S/C30H28N2O6S/c1-30(2,3)17-8-13-22(38-5)20(14-17)26(34)24-25(16-6-9-18(33)10-7-16)32(28(36)27(24)35)29-31-21-12-11-19(37-4)15-23(21)39-29/h6-15,25,33-34H,1-5H3/b26-24+. The first-order valence-electron chi connectivity index (χ1n) is 12.3. The minimum absolute atomic E-state index is 0.0299. The number of carbonyl (C=O) groups is 2. The van der Waals surface area contributed by atoms with Gasteiger partial charge in [0.2, 0.25) is 0 Å². The van der Waals surface area contributed by atoms with E-state index in [1.165, 1.54) is 35.5 Å². The van der Waals surface area contributed by atoms with Gasteiger partial charge in [-0.05, 0) is 59.0 Å². The molecular formula is C30H28N2O6S. The molecule has 0 bridgehead atoms. The number of hydrogen-bond donors (Lipinski definition) is 2. The molecule has 1 aliphatic heterocycles. The largest absolute Gasteiger partial charge is 0.508 e. The van der Waals surface area contributed by atoms with Crippen molar-refractivity contribution in [3.05, 3.63) is 82.9 Å². The van der Waals surface area contributed by atoms with Crippen LogP contribution in [0.5, 0.6) is 17.2 Å². The summed E-state index contributed by atoms with van der Waals surface area (Å²) in [6.07, 6.45) is 0. The first-order valence-corrected chi connectivity index (χ1v) is 13.1. The van der Waals surface area contributed by atoms with E-state index in [4.69, 9.17) is 9.47 Å². The Balaban J connectivity index is 1.75. The Bertz CT molecular complexity index is 1630. The summed E-state index contributed by atoms with van der Waals surface area (Å²) in [4.78, 5) is 33.1. The fourth-order valence-corrected chi connectivity index (χ4v) is 5.65. The molecule has 3 aromatic carbocycles. The number of anilines is 1. The number of benzene rings is 3. The number of hydrogen-bond acceptors (Lipinski definition) is 8. The lowest BCUT2D eigenvalue weighted by Crippen LogP contribution is -2.29. The van der Waals surface area contributed by atoms with Crippen LogP contribution in [0, 0.1) is 0 Å². The number of amides is 1. The van der Waals surface area contributed by atoms with Crippen LogP contribution in [0.15, 0.2) is 66.2 Å². The lowest BCUT2D eigenvalue weighted by atomic mass is 9.85. The van der Waals surface area contributed by atoms with E-state index in [0.717, 1.165) is 10.3 Å². The summed E-state index contributed by atoms with van der Waals surface area (Å²) >= 11 is 1.24. The Morgan fingerprint density at radius 3 is 2.33 bits per heavy atom. The average Bonchev–Trinajstić information content (AvgIpc) is 3.45. The van der Waals surface area contributed by atoms with Gasteiger partial charge in [0.15, 0.2) is 5.13 Å². The molecule has 0 spiro atoms. The second kappa shape index (κ2) is 9.74. The number of aromatic nitrogens is 1. The highest BCUT2D eigenvalue weighted by atomic mass is 32.1.